The number of rotatable bonds is 3. The molecule has 0 amide bonds. The molecule has 9 aromatic rings. The fraction of sp³-hybridized carbons (Fsp3) is 0.0682. The minimum absolute atomic E-state index is 0.0763. The van der Waals surface area contributed by atoms with Crippen LogP contribution in [0.3, 0.4) is 0 Å². The summed E-state index contributed by atoms with van der Waals surface area (Å²) in [4.78, 5) is 15.5. The molecule has 1 aliphatic carbocycles. The Balaban J connectivity index is 1.23. The fourth-order valence-corrected chi connectivity index (χ4v) is 7.64. The van der Waals surface area contributed by atoms with Crippen molar-refractivity contribution in [3.8, 4) is 45.3 Å². The van der Waals surface area contributed by atoms with E-state index < -0.39 is 0 Å². The molecule has 0 radical (unpaired) electrons. The number of hydrogen-bond acceptors (Lipinski definition) is 4. The highest BCUT2D eigenvalue weighted by Crippen LogP contribution is 2.49. The zero-order valence-electron chi connectivity index (χ0n) is 26.5. The van der Waals surface area contributed by atoms with Crippen LogP contribution in [-0.2, 0) is 5.41 Å². The van der Waals surface area contributed by atoms with Crippen molar-refractivity contribution in [1.82, 2.24) is 15.0 Å². The van der Waals surface area contributed by atoms with Gasteiger partial charge in [-0.1, -0.05) is 123 Å². The average Bonchev–Trinajstić information content (AvgIpc) is 3.61. The van der Waals surface area contributed by atoms with Crippen molar-refractivity contribution in [1.29, 1.82) is 0 Å². The smallest absolute Gasteiger partial charge is 0.164 e. The first-order chi connectivity index (χ1) is 23.5. The predicted octanol–water partition coefficient (Wildman–Crippen LogP) is 11.4. The standard InChI is InChI=1S/C44H29N3O/c1-44(2)36-16-8-7-14-32(36)34-24-31(20-21-37(34)44)42-45-41(30-19-18-26-10-3-4-11-27(26)22-30)46-43(47-42)33-15-9-17-38-40(33)35-23-28-12-5-6-13-29(28)25-39(35)48-38/h3-25H,1-2H3. The van der Waals surface area contributed by atoms with E-state index >= 15 is 0 Å². The molecule has 0 spiro atoms. The number of fused-ring (bicyclic) bond motifs is 8. The highest BCUT2D eigenvalue weighted by Gasteiger charge is 2.35. The summed E-state index contributed by atoms with van der Waals surface area (Å²) in [6.45, 7) is 4.60. The first-order valence-corrected chi connectivity index (χ1v) is 16.4. The Hall–Kier alpha value is -6.13. The predicted molar refractivity (Wildman–Crippen MR) is 196 cm³/mol. The van der Waals surface area contributed by atoms with E-state index in [4.69, 9.17) is 19.4 Å². The molecule has 0 unspecified atom stereocenters. The van der Waals surface area contributed by atoms with Crippen molar-refractivity contribution in [2.45, 2.75) is 19.3 Å². The van der Waals surface area contributed by atoms with E-state index in [1.807, 2.05) is 12.1 Å². The summed E-state index contributed by atoms with van der Waals surface area (Å²) >= 11 is 0. The molecule has 0 fully saturated rings. The average molecular weight is 616 g/mol. The van der Waals surface area contributed by atoms with E-state index in [0.29, 0.717) is 17.5 Å². The molecule has 0 atom stereocenters. The summed E-state index contributed by atoms with van der Waals surface area (Å²) in [6.07, 6.45) is 0. The Morgan fingerprint density at radius 1 is 0.438 bits per heavy atom. The normalized spacial score (nSPS) is 13.4. The number of furan rings is 1. The molecule has 4 heteroatoms. The molecule has 0 bridgehead atoms. The van der Waals surface area contributed by atoms with Crippen LogP contribution in [0.15, 0.2) is 144 Å². The molecule has 7 aromatic carbocycles. The van der Waals surface area contributed by atoms with Crippen LogP contribution in [0.1, 0.15) is 25.0 Å². The van der Waals surface area contributed by atoms with Gasteiger partial charge in [-0.2, -0.15) is 0 Å². The Kier molecular flexibility index (Phi) is 5.59. The first-order valence-electron chi connectivity index (χ1n) is 16.4. The van der Waals surface area contributed by atoms with Gasteiger partial charge in [-0.3, -0.25) is 0 Å². The van der Waals surface area contributed by atoms with Crippen molar-refractivity contribution in [2.75, 3.05) is 0 Å². The molecule has 0 saturated heterocycles. The second kappa shape index (κ2) is 9.93. The van der Waals surface area contributed by atoms with Crippen LogP contribution in [0.25, 0.3) is 88.8 Å². The van der Waals surface area contributed by atoms with Gasteiger partial charge in [0.25, 0.3) is 0 Å². The van der Waals surface area contributed by atoms with Crippen LogP contribution in [0.2, 0.25) is 0 Å². The van der Waals surface area contributed by atoms with E-state index in [9.17, 15) is 0 Å². The van der Waals surface area contributed by atoms with Crippen LogP contribution in [0.5, 0.6) is 0 Å². The SMILES string of the molecule is CC1(C)c2ccccc2-c2cc(-c3nc(-c4ccc5ccccc5c4)nc(-c4cccc5oc6cc7ccccc7cc6c45)n3)ccc21. The summed E-state index contributed by atoms with van der Waals surface area (Å²) in [5.41, 5.74) is 9.57. The largest absolute Gasteiger partial charge is 0.456 e. The van der Waals surface area contributed by atoms with Crippen molar-refractivity contribution in [3.63, 3.8) is 0 Å². The molecule has 0 aliphatic heterocycles. The van der Waals surface area contributed by atoms with Gasteiger partial charge in [0.15, 0.2) is 17.5 Å². The molecule has 2 heterocycles. The number of hydrogen-bond donors (Lipinski definition) is 0. The van der Waals surface area contributed by atoms with Gasteiger partial charge in [-0.25, -0.2) is 15.0 Å². The summed E-state index contributed by atoms with van der Waals surface area (Å²) in [6, 6.07) is 49.0. The first kappa shape index (κ1) is 27.0. The van der Waals surface area contributed by atoms with Gasteiger partial charge in [0, 0.05) is 32.9 Å². The van der Waals surface area contributed by atoms with Crippen molar-refractivity contribution < 1.29 is 4.42 Å². The van der Waals surface area contributed by atoms with Gasteiger partial charge in [-0.05, 0) is 74.1 Å². The van der Waals surface area contributed by atoms with Crippen LogP contribution in [0, 0.1) is 0 Å². The lowest BCUT2D eigenvalue weighted by molar-refractivity contribution is 0.660. The number of aromatic nitrogens is 3. The molecule has 0 N–H and O–H groups in total. The highest BCUT2D eigenvalue weighted by molar-refractivity contribution is 6.15. The maximum absolute atomic E-state index is 6.43. The van der Waals surface area contributed by atoms with Crippen LogP contribution >= 0.6 is 0 Å². The lowest BCUT2D eigenvalue weighted by atomic mass is 9.82. The molecular formula is C44H29N3O. The third-order valence-corrected chi connectivity index (χ3v) is 10.1. The lowest BCUT2D eigenvalue weighted by Crippen LogP contribution is -2.14. The van der Waals surface area contributed by atoms with E-state index in [2.05, 4.69) is 141 Å². The summed E-state index contributed by atoms with van der Waals surface area (Å²) in [7, 11) is 0. The van der Waals surface area contributed by atoms with Crippen molar-refractivity contribution in [3.05, 3.63) is 151 Å². The zero-order valence-corrected chi connectivity index (χ0v) is 26.5. The Morgan fingerprint density at radius 2 is 1.04 bits per heavy atom. The topological polar surface area (TPSA) is 51.8 Å². The molecule has 4 nitrogen and oxygen atoms in total. The second-order valence-corrected chi connectivity index (χ2v) is 13.3. The molecule has 226 valence electrons. The molecule has 1 aliphatic rings. The van der Waals surface area contributed by atoms with E-state index in [-0.39, 0.29) is 5.41 Å². The second-order valence-electron chi connectivity index (χ2n) is 13.3. The summed E-state index contributed by atoms with van der Waals surface area (Å²) in [5, 5.41) is 6.68. The Bertz CT molecular complexity index is 2770. The third-order valence-electron chi connectivity index (χ3n) is 10.1. The Morgan fingerprint density at radius 3 is 1.85 bits per heavy atom. The Labute approximate surface area is 277 Å². The third kappa shape index (κ3) is 3.99. The van der Waals surface area contributed by atoms with Gasteiger partial charge in [0.1, 0.15) is 11.2 Å². The van der Waals surface area contributed by atoms with Crippen LogP contribution in [-0.4, -0.2) is 15.0 Å². The van der Waals surface area contributed by atoms with Gasteiger partial charge >= 0.3 is 0 Å². The zero-order chi connectivity index (χ0) is 32.0. The monoisotopic (exact) mass is 615 g/mol. The quantitative estimate of drug-likeness (QED) is 0.198. The minimum Gasteiger partial charge on any atom is -0.456 e. The molecular weight excluding hydrogens is 587 g/mol. The maximum Gasteiger partial charge on any atom is 0.164 e. The highest BCUT2D eigenvalue weighted by atomic mass is 16.3. The molecule has 0 saturated carbocycles. The van der Waals surface area contributed by atoms with Crippen molar-refractivity contribution >= 4 is 43.5 Å². The number of benzene rings is 7. The van der Waals surface area contributed by atoms with Gasteiger partial charge < -0.3 is 4.42 Å². The maximum atomic E-state index is 6.43. The van der Waals surface area contributed by atoms with Crippen molar-refractivity contribution in [2.24, 2.45) is 0 Å². The van der Waals surface area contributed by atoms with Gasteiger partial charge in [-0.15, -0.1) is 0 Å². The molecule has 2 aromatic heterocycles. The van der Waals surface area contributed by atoms with E-state index in [1.165, 1.54) is 27.6 Å². The fourth-order valence-electron chi connectivity index (χ4n) is 7.64. The lowest BCUT2D eigenvalue weighted by Gasteiger charge is -2.21. The van der Waals surface area contributed by atoms with Crippen LogP contribution in [0.4, 0.5) is 0 Å². The minimum atomic E-state index is -0.0763. The summed E-state index contributed by atoms with van der Waals surface area (Å²) < 4.78 is 6.43. The molecule has 48 heavy (non-hydrogen) atoms. The van der Waals surface area contributed by atoms with E-state index in [1.54, 1.807) is 0 Å². The molecule has 10 rings (SSSR count). The number of nitrogens with zero attached hydrogens (tertiary/aromatic N) is 3. The van der Waals surface area contributed by atoms with Gasteiger partial charge in [0.2, 0.25) is 0 Å². The van der Waals surface area contributed by atoms with E-state index in [0.717, 1.165) is 54.8 Å². The van der Waals surface area contributed by atoms with Gasteiger partial charge in [0.05, 0.1) is 0 Å². The summed E-state index contributed by atoms with van der Waals surface area (Å²) in [5.74, 6) is 1.89. The van der Waals surface area contributed by atoms with Crippen LogP contribution < -0.4 is 0 Å².